The van der Waals surface area contributed by atoms with E-state index >= 15 is 0 Å². The highest BCUT2D eigenvalue weighted by Crippen LogP contribution is 2.21. The first-order valence-corrected chi connectivity index (χ1v) is 5.64. The lowest BCUT2D eigenvalue weighted by atomic mass is 10.2. The topological polar surface area (TPSA) is 69.6 Å². The number of imidazole rings is 1. The minimum atomic E-state index is 0.306. The molecular weight excluding hydrogens is 214 g/mol. The summed E-state index contributed by atoms with van der Waals surface area (Å²) in [7, 11) is 0. The summed E-state index contributed by atoms with van der Waals surface area (Å²) in [5, 5.41) is 0. The highest BCUT2D eigenvalue weighted by molar-refractivity contribution is 5.82. The summed E-state index contributed by atoms with van der Waals surface area (Å²) in [6.45, 7) is 4.27. The van der Waals surface area contributed by atoms with E-state index in [0.717, 1.165) is 12.8 Å². The molecule has 0 spiro atoms. The molecule has 0 aromatic carbocycles. The molecule has 0 saturated carbocycles. The van der Waals surface area contributed by atoms with Gasteiger partial charge in [-0.1, -0.05) is 13.3 Å². The van der Waals surface area contributed by atoms with Crippen LogP contribution in [-0.2, 0) is 0 Å². The highest BCUT2D eigenvalue weighted by atomic mass is 15.1. The molecule has 2 rings (SSSR count). The second kappa shape index (κ2) is 4.42. The largest absolute Gasteiger partial charge is 0.382 e. The molecule has 88 valence electrons. The summed E-state index contributed by atoms with van der Waals surface area (Å²) in [6.07, 6.45) is 9.21. The van der Waals surface area contributed by atoms with Gasteiger partial charge in [0.25, 0.3) is 0 Å². The summed E-state index contributed by atoms with van der Waals surface area (Å²) < 4.78 is 2.00. The van der Waals surface area contributed by atoms with Crippen molar-refractivity contribution in [1.29, 1.82) is 0 Å². The number of rotatable bonds is 3. The third-order valence-corrected chi connectivity index (χ3v) is 2.76. The molecule has 0 bridgehead atoms. The minimum Gasteiger partial charge on any atom is -0.382 e. The van der Waals surface area contributed by atoms with E-state index in [1.165, 1.54) is 0 Å². The number of nitrogen functional groups attached to an aromatic ring is 1. The van der Waals surface area contributed by atoms with Crippen LogP contribution in [-0.4, -0.2) is 19.5 Å². The quantitative estimate of drug-likeness (QED) is 0.814. The molecule has 17 heavy (non-hydrogen) atoms. The van der Waals surface area contributed by atoms with Crippen LogP contribution in [0.25, 0.3) is 11.2 Å². The van der Waals surface area contributed by atoms with Crippen molar-refractivity contribution in [3.8, 4) is 12.3 Å². The molecule has 5 heteroatoms. The van der Waals surface area contributed by atoms with Crippen molar-refractivity contribution in [1.82, 2.24) is 19.5 Å². The maximum absolute atomic E-state index is 5.80. The summed E-state index contributed by atoms with van der Waals surface area (Å²) in [5.74, 6) is 3.05. The van der Waals surface area contributed by atoms with Crippen molar-refractivity contribution >= 4 is 17.0 Å². The van der Waals surface area contributed by atoms with Gasteiger partial charge in [-0.2, -0.15) is 0 Å². The van der Waals surface area contributed by atoms with E-state index in [-0.39, 0.29) is 0 Å². The number of fused-ring (bicyclic) bond motifs is 1. The van der Waals surface area contributed by atoms with Crippen molar-refractivity contribution in [2.45, 2.75) is 32.7 Å². The summed E-state index contributed by atoms with van der Waals surface area (Å²) >= 11 is 0. The van der Waals surface area contributed by atoms with Crippen LogP contribution >= 0.6 is 0 Å². The van der Waals surface area contributed by atoms with Gasteiger partial charge < -0.3 is 10.3 Å². The van der Waals surface area contributed by atoms with Crippen molar-refractivity contribution in [3.63, 3.8) is 0 Å². The van der Waals surface area contributed by atoms with Gasteiger partial charge in [0, 0.05) is 6.04 Å². The van der Waals surface area contributed by atoms with Crippen molar-refractivity contribution < 1.29 is 0 Å². The van der Waals surface area contributed by atoms with E-state index in [4.69, 9.17) is 12.2 Å². The molecule has 0 aliphatic carbocycles. The number of anilines is 1. The minimum absolute atomic E-state index is 0.306. The van der Waals surface area contributed by atoms with E-state index in [9.17, 15) is 0 Å². The van der Waals surface area contributed by atoms with Gasteiger partial charge in [-0.15, -0.1) is 6.42 Å². The molecule has 2 heterocycles. The van der Waals surface area contributed by atoms with Crippen LogP contribution in [0.15, 0.2) is 6.33 Å². The third-order valence-electron chi connectivity index (χ3n) is 2.76. The number of nitrogens with zero attached hydrogens (tertiary/aromatic N) is 4. The first-order chi connectivity index (χ1) is 8.17. The summed E-state index contributed by atoms with van der Waals surface area (Å²) in [4.78, 5) is 12.5. The molecule has 1 unspecified atom stereocenters. The van der Waals surface area contributed by atoms with Crippen LogP contribution in [0.1, 0.15) is 38.6 Å². The molecule has 0 amide bonds. The molecule has 5 nitrogen and oxygen atoms in total. The van der Waals surface area contributed by atoms with Gasteiger partial charge in [-0.3, -0.25) is 0 Å². The smallest absolute Gasteiger partial charge is 0.208 e. The molecular formula is C12H15N5. The van der Waals surface area contributed by atoms with Gasteiger partial charge in [0.15, 0.2) is 11.5 Å². The zero-order chi connectivity index (χ0) is 12.4. The standard InChI is InChI=1S/C12H15N5/c1-4-6-8(3)17-7-14-10-11(13)15-9(5-2)16-12(10)17/h2,7-8H,4,6H2,1,3H3,(H2,13,15,16). The zero-order valence-electron chi connectivity index (χ0n) is 10.0. The fraction of sp³-hybridized carbons (Fsp3) is 0.417. The van der Waals surface area contributed by atoms with Crippen molar-refractivity contribution in [3.05, 3.63) is 12.2 Å². The Morgan fingerprint density at radius 3 is 2.94 bits per heavy atom. The van der Waals surface area contributed by atoms with Gasteiger partial charge in [-0.05, 0) is 19.3 Å². The first kappa shape index (κ1) is 11.4. The van der Waals surface area contributed by atoms with E-state index < -0.39 is 0 Å². The number of terminal acetylenes is 1. The number of aromatic nitrogens is 4. The predicted octanol–water partition coefficient (Wildman–Crippen LogP) is 1.75. The van der Waals surface area contributed by atoms with Crippen LogP contribution in [0.3, 0.4) is 0 Å². The average Bonchev–Trinajstić information content (AvgIpc) is 2.73. The second-order valence-corrected chi connectivity index (χ2v) is 4.04. The Hall–Kier alpha value is -2.09. The Kier molecular flexibility index (Phi) is 2.96. The van der Waals surface area contributed by atoms with Crippen LogP contribution in [0.5, 0.6) is 0 Å². The van der Waals surface area contributed by atoms with Gasteiger partial charge in [-0.25, -0.2) is 15.0 Å². The van der Waals surface area contributed by atoms with E-state index in [1.54, 1.807) is 6.33 Å². The predicted molar refractivity (Wildman–Crippen MR) is 67.3 cm³/mol. The lowest BCUT2D eigenvalue weighted by molar-refractivity contribution is 0.509. The number of nitrogens with two attached hydrogens (primary N) is 1. The highest BCUT2D eigenvalue weighted by Gasteiger charge is 2.13. The Morgan fingerprint density at radius 1 is 1.53 bits per heavy atom. The van der Waals surface area contributed by atoms with Gasteiger partial charge in [0.05, 0.1) is 6.33 Å². The van der Waals surface area contributed by atoms with E-state index in [1.807, 2.05) is 4.57 Å². The first-order valence-electron chi connectivity index (χ1n) is 5.64. The molecule has 0 saturated heterocycles. The monoisotopic (exact) mass is 229 g/mol. The molecule has 0 aliphatic rings. The van der Waals surface area contributed by atoms with Crippen molar-refractivity contribution in [2.75, 3.05) is 5.73 Å². The summed E-state index contributed by atoms with van der Waals surface area (Å²) in [5.41, 5.74) is 7.13. The zero-order valence-corrected chi connectivity index (χ0v) is 10.0. The lowest BCUT2D eigenvalue weighted by Crippen LogP contribution is -2.06. The molecule has 0 aliphatic heterocycles. The average molecular weight is 229 g/mol. The molecule has 2 N–H and O–H groups in total. The number of hydrogen-bond acceptors (Lipinski definition) is 4. The van der Waals surface area contributed by atoms with Gasteiger partial charge in [0.1, 0.15) is 5.52 Å². The fourth-order valence-corrected chi connectivity index (χ4v) is 1.88. The van der Waals surface area contributed by atoms with Crippen LogP contribution in [0, 0.1) is 12.3 Å². The van der Waals surface area contributed by atoms with Gasteiger partial charge >= 0.3 is 0 Å². The van der Waals surface area contributed by atoms with Gasteiger partial charge in [0.2, 0.25) is 5.82 Å². The maximum atomic E-state index is 5.80. The maximum Gasteiger partial charge on any atom is 0.208 e. The molecule has 1 atom stereocenters. The fourth-order valence-electron chi connectivity index (χ4n) is 1.88. The Morgan fingerprint density at radius 2 is 2.29 bits per heavy atom. The second-order valence-electron chi connectivity index (χ2n) is 4.04. The Bertz CT molecular complexity index is 578. The molecule has 0 radical (unpaired) electrons. The van der Waals surface area contributed by atoms with E-state index in [0.29, 0.717) is 28.8 Å². The van der Waals surface area contributed by atoms with Crippen LogP contribution in [0.4, 0.5) is 5.82 Å². The Balaban J connectivity index is 2.59. The molecule has 2 aromatic rings. The van der Waals surface area contributed by atoms with E-state index in [2.05, 4.69) is 34.7 Å². The Labute approximate surface area is 100 Å². The third kappa shape index (κ3) is 1.94. The molecule has 0 fully saturated rings. The summed E-state index contributed by atoms with van der Waals surface area (Å²) in [6, 6.07) is 0.324. The van der Waals surface area contributed by atoms with Crippen LogP contribution in [0.2, 0.25) is 0 Å². The molecule has 2 aromatic heterocycles. The number of hydrogen-bond donors (Lipinski definition) is 1. The van der Waals surface area contributed by atoms with Crippen LogP contribution < -0.4 is 5.73 Å². The SMILES string of the molecule is C#Cc1nc(N)c2ncn(C(C)CCC)c2n1. The van der Waals surface area contributed by atoms with Crippen molar-refractivity contribution in [2.24, 2.45) is 0 Å². The lowest BCUT2D eigenvalue weighted by Gasteiger charge is -2.12. The normalized spacial score (nSPS) is 12.5.